The van der Waals surface area contributed by atoms with E-state index in [0.717, 1.165) is 14.2 Å². The molecule has 0 radical (unpaired) electrons. The Morgan fingerprint density at radius 2 is 1.33 bits per heavy atom. The average Bonchev–Trinajstić information content (AvgIpc) is 2.59. The van der Waals surface area contributed by atoms with Crippen LogP contribution in [0.3, 0.4) is 0 Å². The van der Waals surface area contributed by atoms with Crippen LogP contribution >= 0.6 is 0 Å². The van der Waals surface area contributed by atoms with Crippen LogP contribution in [0.25, 0.3) is 0 Å². The third-order valence-electron chi connectivity index (χ3n) is 3.53. The number of carbonyl (C=O) groups excluding carboxylic acids is 4. The van der Waals surface area contributed by atoms with Crippen molar-refractivity contribution < 1.29 is 28.7 Å². The van der Waals surface area contributed by atoms with Crippen molar-refractivity contribution in [1.82, 2.24) is 4.90 Å². The average molecular weight is 336 g/mol. The summed E-state index contributed by atoms with van der Waals surface area (Å²) >= 11 is 0. The van der Waals surface area contributed by atoms with E-state index >= 15 is 0 Å². The molecule has 1 rings (SSSR count). The lowest BCUT2D eigenvalue weighted by Crippen LogP contribution is -2.33. The van der Waals surface area contributed by atoms with Gasteiger partial charge in [0.2, 0.25) is 5.91 Å². The van der Waals surface area contributed by atoms with E-state index in [1.807, 2.05) is 0 Å². The van der Waals surface area contributed by atoms with Gasteiger partial charge in [-0.05, 0) is 26.0 Å². The van der Waals surface area contributed by atoms with E-state index in [9.17, 15) is 19.2 Å². The summed E-state index contributed by atoms with van der Waals surface area (Å²) in [6.45, 7) is 4.36. The summed E-state index contributed by atoms with van der Waals surface area (Å²) in [6, 6.07) is 2.50. The van der Waals surface area contributed by atoms with Gasteiger partial charge >= 0.3 is 11.9 Å². The Hall–Kier alpha value is -2.90. The number of hydrogen-bond donors (Lipinski definition) is 1. The lowest BCUT2D eigenvalue weighted by molar-refractivity contribution is 0.0549. The molecule has 0 spiro atoms. The van der Waals surface area contributed by atoms with Crippen LogP contribution in [0.4, 0.5) is 0 Å². The Morgan fingerprint density at radius 1 is 0.917 bits per heavy atom. The molecule has 0 aliphatic rings. The molecule has 130 valence electrons. The van der Waals surface area contributed by atoms with E-state index in [2.05, 4.69) is 9.47 Å². The van der Waals surface area contributed by atoms with E-state index in [0.29, 0.717) is 13.1 Å². The van der Waals surface area contributed by atoms with Crippen molar-refractivity contribution >= 4 is 23.8 Å². The van der Waals surface area contributed by atoms with Crippen molar-refractivity contribution in [1.29, 1.82) is 0 Å². The molecule has 1 aromatic carbocycles. The molecule has 0 heterocycles. The van der Waals surface area contributed by atoms with E-state index in [-0.39, 0.29) is 22.3 Å². The van der Waals surface area contributed by atoms with Gasteiger partial charge in [0.15, 0.2) is 0 Å². The minimum Gasteiger partial charge on any atom is -0.465 e. The molecule has 2 amide bonds. The number of hydrogen-bond acceptors (Lipinski definition) is 6. The Morgan fingerprint density at radius 3 is 1.71 bits per heavy atom. The summed E-state index contributed by atoms with van der Waals surface area (Å²) < 4.78 is 9.31. The van der Waals surface area contributed by atoms with Gasteiger partial charge in [-0.3, -0.25) is 9.59 Å². The van der Waals surface area contributed by atoms with Gasteiger partial charge in [-0.2, -0.15) is 0 Å². The molecule has 24 heavy (non-hydrogen) atoms. The third-order valence-corrected chi connectivity index (χ3v) is 3.53. The van der Waals surface area contributed by atoms with Crippen LogP contribution in [0.2, 0.25) is 0 Å². The van der Waals surface area contributed by atoms with Crippen molar-refractivity contribution in [2.24, 2.45) is 5.73 Å². The van der Waals surface area contributed by atoms with E-state index < -0.39 is 23.8 Å². The molecule has 1 aromatic rings. The fourth-order valence-electron chi connectivity index (χ4n) is 2.30. The molecule has 0 aliphatic carbocycles. The summed E-state index contributed by atoms with van der Waals surface area (Å²) in [5.41, 5.74) is 4.26. The molecule has 0 aromatic heterocycles. The van der Waals surface area contributed by atoms with Gasteiger partial charge in [0.05, 0.1) is 36.5 Å². The van der Waals surface area contributed by atoms with Gasteiger partial charge in [-0.15, -0.1) is 0 Å². The first-order chi connectivity index (χ1) is 11.3. The second kappa shape index (κ2) is 8.09. The molecular formula is C16H20N2O6. The number of benzene rings is 1. The fourth-order valence-corrected chi connectivity index (χ4v) is 2.30. The maximum Gasteiger partial charge on any atom is 0.339 e. The second-order valence-electron chi connectivity index (χ2n) is 4.74. The number of nitrogens with zero attached hydrogens (tertiary/aromatic N) is 1. The minimum absolute atomic E-state index is 0.0593. The fraction of sp³-hybridized carbons (Fsp3) is 0.375. The summed E-state index contributed by atoms with van der Waals surface area (Å²) in [6.07, 6.45) is 0. The highest BCUT2D eigenvalue weighted by Gasteiger charge is 2.31. The van der Waals surface area contributed by atoms with Crippen molar-refractivity contribution in [2.45, 2.75) is 13.8 Å². The lowest BCUT2D eigenvalue weighted by atomic mass is 9.94. The molecule has 0 saturated heterocycles. The topological polar surface area (TPSA) is 116 Å². The van der Waals surface area contributed by atoms with Gasteiger partial charge in [-0.1, -0.05) is 0 Å². The number of esters is 2. The molecule has 8 heteroatoms. The Bertz CT molecular complexity index is 679. The summed E-state index contributed by atoms with van der Waals surface area (Å²) in [5, 5.41) is 0. The first-order valence-corrected chi connectivity index (χ1v) is 7.26. The number of rotatable bonds is 6. The molecule has 0 saturated carbocycles. The minimum atomic E-state index is -0.960. The molecule has 0 atom stereocenters. The van der Waals surface area contributed by atoms with Crippen LogP contribution in [0.1, 0.15) is 55.3 Å². The SMILES string of the molecule is CCN(CC)C(=O)c1ccc(C(N)=O)c(C(=O)OC)c1C(=O)OC. The lowest BCUT2D eigenvalue weighted by Gasteiger charge is -2.21. The molecule has 0 unspecified atom stereocenters. The van der Waals surface area contributed by atoms with Crippen LogP contribution in [0.15, 0.2) is 12.1 Å². The number of nitrogens with two attached hydrogens (primary N) is 1. The van der Waals surface area contributed by atoms with Gasteiger partial charge in [-0.25, -0.2) is 9.59 Å². The predicted octanol–water partition coefficient (Wildman–Crippen LogP) is 0.841. The van der Waals surface area contributed by atoms with Gasteiger partial charge in [0.1, 0.15) is 0 Å². The first kappa shape index (κ1) is 19.1. The zero-order chi connectivity index (χ0) is 18.4. The quantitative estimate of drug-likeness (QED) is 0.770. The van der Waals surface area contributed by atoms with Crippen molar-refractivity contribution in [3.63, 3.8) is 0 Å². The summed E-state index contributed by atoms with van der Waals surface area (Å²) in [4.78, 5) is 50.0. The Labute approximate surface area is 139 Å². The maximum atomic E-state index is 12.6. The normalized spacial score (nSPS) is 10.0. The monoisotopic (exact) mass is 336 g/mol. The molecular weight excluding hydrogens is 316 g/mol. The summed E-state index contributed by atoms with van der Waals surface area (Å²) in [7, 11) is 2.19. The molecule has 2 N–H and O–H groups in total. The van der Waals surface area contributed by atoms with Gasteiger partial charge in [0.25, 0.3) is 5.91 Å². The predicted molar refractivity (Wildman–Crippen MR) is 84.9 cm³/mol. The standard InChI is InChI=1S/C16H20N2O6/c1-5-18(6-2)14(20)10-8-7-9(13(17)19)11(15(21)23-3)12(10)16(22)24-4/h7-8H,5-6H2,1-4H3,(H2,17,19). The van der Waals surface area contributed by atoms with E-state index in [1.165, 1.54) is 17.0 Å². The first-order valence-electron chi connectivity index (χ1n) is 7.26. The van der Waals surface area contributed by atoms with Crippen LogP contribution in [0.5, 0.6) is 0 Å². The highest BCUT2D eigenvalue weighted by atomic mass is 16.5. The number of carbonyl (C=O) groups is 4. The molecule has 0 fully saturated rings. The van der Waals surface area contributed by atoms with Crippen LogP contribution in [0, 0.1) is 0 Å². The zero-order valence-electron chi connectivity index (χ0n) is 14.0. The van der Waals surface area contributed by atoms with Crippen molar-refractivity contribution in [2.75, 3.05) is 27.3 Å². The van der Waals surface area contributed by atoms with E-state index in [4.69, 9.17) is 5.73 Å². The Balaban J connectivity index is 3.79. The van der Waals surface area contributed by atoms with Gasteiger partial charge in [0, 0.05) is 13.1 Å². The van der Waals surface area contributed by atoms with Crippen LogP contribution in [-0.4, -0.2) is 56.0 Å². The van der Waals surface area contributed by atoms with Crippen molar-refractivity contribution in [3.05, 3.63) is 34.4 Å². The number of amides is 2. The molecule has 0 aliphatic heterocycles. The highest BCUT2D eigenvalue weighted by Crippen LogP contribution is 2.23. The number of primary amides is 1. The largest absolute Gasteiger partial charge is 0.465 e. The number of ether oxygens (including phenoxy) is 2. The van der Waals surface area contributed by atoms with Crippen molar-refractivity contribution in [3.8, 4) is 0 Å². The summed E-state index contributed by atoms with van der Waals surface area (Å²) in [5.74, 6) is -3.30. The second-order valence-corrected chi connectivity index (χ2v) is 4.74. The van der Waals surface area contributed by atoms with E-state index in [1.54, 1.807) is 13.8 Å². The highest BCUT2D eigenvalue weighted by molar-refractivity contribution is 6.16. The van der Waals surface area contributed by atoms with Crippen LogP contribution in [-0.2, 0) is 9.47 Å². The smallest absolute Gasteiger partial charge is 0.339 e. The van der Waals surface area contributed by atoms with Gasteiger partial charge < -0.3 is 20.1 Å². The zero-order valence-corrected chi connectivity index (χ0v) is 14.0. The Kier molecular flexibility index (Phi) is 6.46. The maximum absolute atomic E-state index is 12.6. The third kappa shape index (κ3) is 3.53. The van der Waals surface area contributed by atoms with Crippen LogP contribution < -0.4 is 5.73 Å². The number of methoxy groups -OCH3 is 2. The molecule has 0 bridgehead atoms. The molecule has 8 nitrogen and oxygen atoms in total.